The van der Waals surface area contributed by atoms with Gasteiger partial charge in [-0.1, -0.05) is 44.4 Å². The highest BCUT2D eigenvalue weighted by molar-refractivity contribution is 5.93. The number of nitrogens with one attached hydrogen (secondary N) is 2. The number of fused-ring (bicyclic) bond motifs is 4. The number of rotatable bonds is 11. The number of phenolic OH excluding ortho intramolecular Hbond substituents is 2. The van der Waals surface area contributed by atoms with E-state index in [-0.39, 0.29) is 41.1 Å². The smallest absolute Gasteiger partial charge is 0.226 e. The molecule has 1 saturated heterocycles. The largest absolute Gasteiger partial charge is 0.508 e. The first kappa shape index (κ1) is 47.6. The molecule has 6 aliphatic rings. The Bertz CT molecular complexity index is 3140. The van der Waals surface area contributed by atoms with Crippen molar-refractivity contribution in [2.24, 2.45) is 23.2 Å². The predicted molar refractivity (Wildman–Crippen MR) is 262 cm³/mol. The maximum atomic E-state index is 14.2. The number of allylic oxidation sites excluding steroid dienone is 1. The summed E-state index contributed by atoms with van der Waals surface area (Å²) in [6.45, 7) is 2.66. The summed E-state index contributed by atoms with van der Waals surface area (Å²) < 4.78 is 16.2. The average Bonchev–Trinajstić information content (AvgIpc) is 4.00. The number of aromatic hydroxyl groups is 2. The van der Waals surface area contributed by atoms with Crippen LogP contribution in [0, 0.1) is 30.1 Å². The van der Waals surface area contributed by atoms with E-state index in [9.17, 15) is 45.3 Å². The van der Waals surface area contributed by atoms with Crippen LogP contribution in [0.5, 0.6) is 17.2 Å². The van der Waals surface area contributed by atoms with Crippen molar-refractivity contribution in [1.29, 1.82) is 0 Å². The molecule has 4 aliphatic heterocycles. The normalized spacial score (nSPS) is 27.2. The summed E-state index contributed by atoms with van der Waals surface area (Å²) in [5.74, 6) is 1.04. The number of hydrogen-bond donors (Lipinski definition) is 9. The molecule has 71 heavy (non-hydrogen) atoms. The summed E-state index contributed by atoms with van der Waals surface area (Å²) in [7, 11) is 0. The molecule has 10 atom stereocenters. The number of amides is 1. The molecule has 16 nitrogen and oxygen atoms in total. The minimum atomic E-state index is -2.42. The highest BCUT2D eigenvalue weighted by atomic mass is 17.2. The van der Waals surface area contributed by atoms with Crippen molar-refractivity contribution in [2.75, 3.05) is 19.8 Å². The maximum absolute atomic E-state index is 14.2. The number of aliphatic hydroxyl groups excluding tert-OH is 4. The van der Waals surface area contributed by atoms with E-state index in [0.29, 0.717) is 81.8 Å². The van der Waals surface area contributed by atoms with Crippen LogP contribution in [0.1, 0.15) is 86.6 Å². The van der Waals surface area contributed by atoms with Gasteiger partial charge in [0.15, 0.2) is 16.8 Å². The van der Waals surface area contributed by atoms with E-state index in [1.54, 1.807) is 13.0 Å². The van der Waals surface area contributed by atoms with E-state index in [0.717, 1.165) is 67.2 Å². The van der Waals surface area contributed by atoms with Crippen molar-refractivity contribution in [3.8, 4) is 22.9 Å². The Morgan fingerprint density at radius 2 is 1.82 bits per heavy atom. The van der Waals surface area contributed by atoms with Crippen LogP contribution in [-0.2, 0) is 40.3 Å². The van der Waals surface area contributed by atoms with Crippen molar-refractivity contribution < 1.29 is 59.5 Å². The number of ether oxygens (including phenoxy) is 1. The summed E-state index contributed by atoms with van der Waals surface area (Å²) >= 11 is 0. The number of aromatic nitrogens is 2. The minimum Gasteiger partial charge on any atom is -0.508 e. The quantitative estimate of drug-likeness (QED) is 0.0426. The molecule has 3 aromatic carbocycles. The topological polar surface area (TPSA) is 249 Å². The summed E-state index contributed by atoms with van der Waals surface area (Å²) in [6, 6.07) is 12.7. The van der Waals surface area contributed by atoms with Crippen molar-refractivity contribution in [2.45, 2.75) is 127 Å². The third kappa shape index (κ3) is 8.02. The fourth-order valence-corrected chi connectivity index (χ4v) is 13.3. The SMILES string of the molecule is CCc1c2cc3[nH]c2cn1-c1c2c(cc4c(=O)cc(C)oc14)CC(OOCC(O)(Cc1ccc(O)c4ccc(O)cc14)C(O)C(O)C(O)CO)C1(CC=CC(C1)C1CNC(=O)C14CCCC(CCC3)C4)O2. The molecule has 9 N–H and O–H groups in total. The molecule has 2 aliphatic carbocycles. The van der Waals surface area contributed by atoms with E-state index in [1.165, 1.54) is 36.4 Å². The lowest BCUT2D eigenvalue weighted by atomic mass is 9.58. The van der Waals surface area contributed by atoms with Crippen LogP contribution < -0.4 is 15.5 Å². The number of phenols is 2. The van der Waals surface area contributed by atoms with Crippen LogP contribution in [0.3, 0.4) is 0 Å². The van der Waals surface area contributed by atoms with Gasteiger partial charge in [0.25, 0.3) is 0 Å². The van der Waals surface area contributed by atoms with Gasteiger partial charge in [-0.05, 0) is 111 Å². The molecular formula is C55H63N3O13. The van der Waals surface area contributed by atoms with Gasteiger partial charge in [-0.15, -0.1) is 0 Å². The summed E-state index contributed by atoms with van der Waals surface area (Å²) in [5.41, 5.74) is 0.651. The summed E-state index contributed by atoms with van der Waals surface area (Å²) in [5, 5.41) is 82.1. The molecule has 9 bridgehead atoms. The van der Waals surface area contributed by atoms with Gasteiger partial charge in [0.1, 0.15) is 65.2 Å². The zero-order valence-electron chi connectivity index (χ0n) is 40.0. The van der Waals surface area contributed by atoms with Gasteiger partial charge in [-0.25, -0.2) is 9.78 Å². The maximum Gasteiger partial charge on any atom is 0.226 e. The van der Waals surface area contributed by atoms with E-state index in [4.69, 9.17) is 18.9 Å². The first-order chi connectivity index (χ1) is 34.1. The number of nitrogens with zero attached hydrogens (tertiary/aromatic N) is 1. The second-order valence-electron chi connectivity index (χ2n) is 21.2. The molecule has 2 spiro atoms. The average molecular weight is 974 g/mol. The molecule has 12 rings (SSSR count). The lowest BCUT2D eigenvalue weighted by Gasteiger charge is -2.49. The lowest BCUT2D eigenvalue weighted by Crippen LogP contribution is -2.58. The predicted octanol–water partition coefficient (Wildman–Crippen LogP) is 5.76. The van der Waals surface area contributed by atoms with Gasteiger partial charge in [-0.3, -0.25) is 9.59 Å². The monoisotopic (exact) mass is 973 g/mol. The van der Waals surface area contributed by atoms with Crippen LogP contribution in [0.15, 0.2) is 76.1 Å². The molecule has 10 unspecified atom stereocenters. The second kappa shape index (κ2) is 18.1. The van der Waals surface area contributed by atoms with Gasteiger partial charge in [0, 0.05) is 65.8 Å². The highest BCUT2D eigenvalue weighted by Crippen LogP contribution is 2.56. The third-order valence-corrected chi connectivity index (χ3v) is 16.8. The van der Waals surface area contributed by atoms with Gasteiger partial charge in [0.05, 0.1) is 22.9 Å². The number of carbonyl (C=O) groups is 1. The fourth-order valence-electron chi connectivity index (χ4n) is 13.3. The summed E-state index contributed by atoms with van der Waals surface area (Å²) in [4.78, 5) is 44.6. The van der Waals surface area contributed by atoms with Crippen molar-refractivity contribution in [3.63, 3.8) is 0 Å². The van der Waals surface area contributed by atoms with Crippen LogP contribution in [-0.4, -0.2) is 107 Å². The first-order valence-electron chi connectivity index (χ1n) is 25.2. The molecule has 16 heteroatoms. The highest BCUT2D eigenvalue weighted by Gasteiger charge is 2.58. The summed E-state index contributed by atoms with van der Waals surface area (Å²) in [6.07, 6.45) is 7.06. The zero-order valence-corrected chi connectivity index (χ0v) is 40.0. The number of benzene rings is 3. The van der Waals surface area contributed by atoms with Crippen LogP contribution in [0.4, 0.5) is 0 Å². The van der Waals surface area contributed by atoms with Crippen LogP contribution in [0.2, 0.25) is 0 Å². The Hall–Kier alpha value is -5.72. The molecular weight excluding hydrogens is 911 g/mol. The Morgan fingerprint density at radius 1 is 0.986 bits per heavy atom. The van der Waals surface area contributed by atoms with Gasteiger partial charge in [-0.2, -0.15) is 0 Å². The van der Waals surface area contributed by atoms with Gasteiger partial charge >= 0.3 is 0 Å². The van der Waals surface area contributed by atoms with Crippen molar-refractivity contribution >= 4 is 38.6 Å². The molecule has 0 radical (unpaired) electrons. The molecule has 2 fully saturated rings. The number of aliphatic hydroxyl groups is 5. The first-order valence-corrected chi connectivity index (χ1v) is 25.2. The van der Waals surface area contributed by atoms with E-state index >= 15 is 0 Å². The Morgan fingerprint density at radius 3 is 2.63 bits per heavy atom. The molecule has 1 amide bonds. The van der Waals surface area contributed by atoms with E-state index < -0.39 is 60.7 Å². The van der Waals surface area contributed by atoms with E-state index in [1.807, 2.05) is 0 Å². The van der Waals surface area contributed by atoms with Crippen molar-refractivity contribution in [3.05, 3.63) is 105 Å². The number of H-pyrrole nitrogens is 1. The molecule has 1 saturated carbocycles. The standard InChI is InChI=1S/C55H63N3O13/c1-3-42-38-20-34-10-4-7-30-8-5-15-53(22-30)40(25-56-52(53)66)32-9-6-16-55(24-32)46(19-33-18-39-44(62)17-29(2)69-50(39)47(49(33)70-55)58(42)26-41(38)57-34)71-68-28-54(67,51(65)48(64)45(63)27-59)23-31-11-14-43(61)36-13-12-35(60)21-37(31)36/h6,9,11-14,17-18,20-21,26,30,32,40,45-46,48,51,57,59-61,63-65,67H,3-5,7-8,10,15-16,19,22-25,27-28H2,1-2H3,(H,56,66). The van der Waals surface area contributed by atoms with E-state index in [2.05, 4.69) is 46.2 Å². The van der Waals surface area contributed by atoms with Gasteiger partial charge in [0.2, 0.25) is 5.91 Å². The van der Waals surface area contributed by atoms with Gasteiger partial charge < -0.3 is 59.8 Å². The Labute approximate surface area is 409 Å². The minimum absolute atomic E-state index is 0.0510. The van der Waals surface area contributed by atoms with Crippen LogP contribution >= 0.6 is 0 Å². The number of aromatic amines is 1. The molecule has 7 heterocycles. The number of aryl methyl sites for hydroxylation is 3. The number of carbonyl (C=O) groups excluding carboxylic acids is 1. The number of hydrogen-bond acceptors (Lipinski definition) is 13. The zero-order chi connectivity index (χ0) is 49.6. The molecule has 6 aromatic rings. The Kier molecular flexibility index (Phi) is 12.1. The molecule has 376 valence electrons. The van der Waals surface area contributed by atoms with Crippen molar-refractivity contribution in [1.82, 2.24) is 14.9 Å². The van der Waals surface area contributed by atoms with Crippen LogP contribution in [0.25, 0.3) is 38.3 Å². The Balaban J connectivity index is 1.04. The fraction of sp³-hybridized carbons (Fsp3) is 0.491. The second-order valence-corrected chi connectivity index (χ2v) is 21.2. The third-order valence-electron chi connectivity index (χ3n) is 16.8. The molecule has 3 aromatic heterocycles. The lowest BCUT2D eigenvalue weighted by molar-refractivity contribution is -0.373.